The van der Waals surface area contributed by atoms with Crippen LogP contribution in [0.4, 0.5) is 4.39 Å². The van der Waals surface area contributed by atoms with Gasteiger partial charge in [-0.2, -0.15) is 0 Å². The smallest absolute Gasteiger partial charge is 0.165 e. The Labute approximate surface area is 106 Å². The van der Waals surface area contributed by atoms with E-state index in [-0.39, 0.29) is 18.2 Å². The molecule has 17 heavy (non-hydrogen) atoms. The number of ether oxygens (including phenoxy) is 1. The zero-order valence-electron chi connectivity index (χ0n) is 10.0. The van der Waals surface area contributed by atoms with Crippen molar-refractivity contribution < 1.29 is 9.13 Å². The second kappa shape index (κ2) is 7.30. The van der Waals surface area contributed by atoms with Gasteiger partial charge in [0.05, 0.1) is 0 Å². The van der Waals surface area contributed by atoms with Crippen LogP contribution < -0.4 is 10.1 Å². The topological polar surface area (TPSA) is 21.3 Å². The molecule has 0 unspecified atom stereocenters. The predicted molar refractivity (Wildman–Crippen MR) is 68.9 cm³/mol. The van der Waals surface area contributed by atoms with E-state index in [1.54, 1.807) is 12.1 Å². The summed E-state index contributed by atoms with van der Waals surface area (Å²) >= 11 is 5.34. The molecule has 0 radical (unpaired) electrons. The van der Waals surface area contributed by atoms with Gasteiger partial charge in [0.2, 0.25) is 0 Å². The lowest BCUT2D eigenvalue weighted by molar-refractivity contribution is 0.341. The largest absolute Gasteiger partial charge is 0.486 e. The molecular formula is C13H17ClFNO. The van der Waals surface area contributed by atoms with Gasteiger partial charge in [-0.25, -0.2) is 4.39 Å². The summed E-state index contributed by atoms with van der Waals surface area (Å²) in [6.07, 6.45) is 1.61. The second-order valence-electron chi connectivity index (χ2n) is 3.97. The van der Waals surface area contributed by atoms with Crippen molar-refractivity contribution in [1.29, 1.82) is 0 Å². The summed E-state index contributed by atoms with van der Waals surface area (Å²) in [4.78, 5) is 0. The standard InChI is InChI=1S/C13H17ClFNO/c1-10(2)16-9-11-4-5-13(12(15)8-11)17-7-3-6-14/h3-6,8,10,16H,7,9H2,1-2H3/b6-3+. The van der Waals surface area contributed by atoms with Crippen molar-refractivity contribution in [3.05, 3.63) is 41.2 Å². The van der Waals surface area contributed by atoms with Crippen LogP contribution in [0.5, 0.6) is 5.75 Å². The van der Waals surface area contributed by atoms with E-state index in [4.69, 9.17) is 16.3 Å². The lowest BCUT2D eigenvalue weighted by atomic mass is 10.2. The van der Waals surface area contributed by atoms with Crippen LogP contribution in [-0.4, -0.2) is 12.6 Å². The van der Waals surface area contributed by atoms with Gasteiger partial charge < -0.3 is 10.1 Å². The van der Waals surface area contributed by atoms with Crippen LogP contribution in [-0.2, 0) is 6.54 Å². The van der Waals surface area contributed by atoms with E-state index in [1.165, 1.54) is 11.6 Å². The normalized spacial score (nSPS) is 11.4. The summed E-state index contributed by atoms with van der Waals surface area (Å²) in [5, 5.41) is 3.22. The Hall–Kier alpha value is -1.06. The average molecular weight is 258 g/mol. The Morgan fingerprint density at radius 2 is 2.24 bits per heavy atom. The van der Waals surface area contributed by atoms with Crippen LogP contribution in [0, 0.1) is 5.82 Å². The molecule has 94 valence electrons. The van der Waals surface area contributed by atoms with Gasteiger partial charge in [0.25, 0.3) is 0 Å². The molecule has 0 saturated carbocycles. The molecule has 0 amide bonds. The van der Waals surface area contributed by atoms with Gasteiger partial charge in [-0.15, -0.1) is 0 Å². The summed E-state index contributed by atoms with van der Waals surface area (Å²) in [6.45, 7) is 5.01. The molecule has 0 saturated heterocycles. The summed E-state index contributed by atoms with van der Waals surface area (Å²) in [5.41, 5.74) is 2.25. The van der Waals surface area contributed by atoms with Gasteiger partial charge in [0.1, 0.15) is 6.61 Å². The van der Waals surface area contributed by atoms with Crippen molar-refractivity contribution in [2.45, 2.75) is 26.4 Å². The molecule has 1 rings (SSSR count). The van der Waals surface area contributed by atoms with Gasteiger partial charge in [0.15, 0.2) is 11.6 Å². The second-order valence-corrected chi connectivity index (χ2v) is 4.23. The van der Waals surface area contributed by atoms with Crippen LogP contribution in [0.25, 0.3) is 0 Å². The number of nitrogens with one attached hydrogen (secondary N) is 1. The highest BCUT2D eigenvalue weighted by Crippen LogP contribution is 2.18. The molecule has 1 N–H and O–H groups in total. The monoisotopic (exact) mass is 257 g/mol. The molecule has 0 aliphatic rings. The van der Waals surface area contributed by atoms with Crippen molar-refractivity contribution in [2.75, 3.05) is 6.61 Å². The van der Waals surface area contributed by atoms with E-state index in [1.807, 2.05) is 19.9 Å². The van der Waals surface area contributed by atoms with Crippen molar-refractivity contribution in [1.82, 2.24) is 5.32 Å². The molecule has 0 bridgehead atoms. The molecule has 0 aliphatic carbocycles. The minimum Gasteiger partial charge on any atom is -0.486 e. The summed E-state index contributed by atoms with van der Waals surface area (Å²) in [6, 6.07) is 5.34. The summed E-state index contributed by atoms with van der Waals surface area (Å²) in [7, 11) is 0. The van der Waals surface area contributed by atoms with Gasteiger partial charge >= 0.3 is 0 Å². The highest BCUT2D eigenvalue weighted by Gasteiger charge is 2.04. The molecule has 0 heterocycles. The van der Waals surface area contributed by atoms with Crippen LogP contribution >= 0.6 is 11.6 Å². The van der Waals surface area contributed by atoms with E-state index in [2.05, 4.69) is 5.32 Å². The van der Waals surface area contributed by atoms with Gasteiger partial charge in [-0.05, 0) is 23.8 Å². The predicted octanol–water partition coefficient (Wildman–Crippen LogP) is 3.46. The number of benzene rings is 1. The highest BCUT2D eigenvalue weighted by atomic mass is 35.5. The fourth-order valence-corrected chi connectivity index (χ4v) is 1.34. The zero-order valence-corrected chi connectivity index (χ0v) is 10.8. The highest BCUT2D eigenvalue weighted by molar-refractivity contribution is 6.25. The maximum Gasteiger partial charge on any atom is 0.165 e. The summed E-state index contributed by atoms with van der Waals surface area (Å²) < 4.78 is 18.8. The number of hydrogen-bond donors (Lipinski definition) is 1. The average Bonchev–Trinajstić information content (AvgIpc) is 2.29. The number of hydrogen-bond acceptors (Lipinski definition) is 2. The Balaban J connectivity index is 2.59. The van der Waals surface area contributed by atoms with E-state index in [9.17, 15) is 4.39 Å². The fraction of sp³-hybridized carbons (Fsp3) is 0.385. The van der Waals surface area contributed by atoms with Crippen LogP contribution in [0.1, 0.15) is 19.4 Å². The first-order chi connectivity index (χ1) is 8.13. The van der Waals surface area contributed by atoms with Gasteiger partial charge in [-0.1, -0.05) is 31.5 Å². The van der Waals surface area contributed by atoms with Crippen molar-refractivity contribution >= 4 is 11.6 Å². The Morgan fingerprint density at radius 1 is 1.47 bits per heavy atom. The minimum absolute atomic E-state index is 0.244. The molecule has 0 spiro atoms. The third-order valence-corrected chi connectivity index (χ3v) is 2.31. The van der Waals surface area contributed by atoms with Gasteiger partial charge in [-0.3, -0.25) is 0 Å². The molecule has 4 heteroatoms. The number of halogens is 2. The Kier molecular flexibility index (Phi) is 6.01. The van der Waals surface area contributed by atoms with E-state index in [0.29, 0.717) is 12.6 Å². The molecule has 0 fully saturated rings. The SMILES string of the molecule is CC(C)NCc1ccc(OC/C=C/Cl)c(F)c1. The zero-order chi connectivity index (χ0) is 12.7. The quantitative estimate of drug-likeness (QED) is 0.843. The molecule has 1 aromatic carbocycles. The first kappa shape index (κ1) is 14.0. The Morgan fingerprint density at radius 3 is 2.82 bits per heavy atom. The van der Waals surface area contributed by atoms with Gasteiger partial charge in [0, 0.05) is 18.1 Å². The first-order valence-electron chi connectivity index (χ1n) is 5.53. The molecule has 0 aromatic heterocycles. The Bertz CT molecular complexity index is 380. The third-order valence-electron chi connectivity index (χ3n) is 2.13. The minimum atomic E-state index is -0.351. The molecule has 2 nitrogen and oxygen atoms in total. The van der Waals surface area contributed by atoms with Crippen molar-refractivity contribution in [3.63, 3.8) is 0 Å². The van der Waals surface area contributed by atoms with E-state index < -0.39 is 0 Å². The molecule has 0 aliphatic heterocycles. The van der Waals surface area contributed by atoms with Crippen molar-refractivity contribution in [3.8, 4) is 5.75 Å². The van der Waals surface area contributed by atoms with Crippen LogP contribution in [0.2, 0.25) is 0 Å². The van der Waals surface area contributed by atoms with Crippen LogP contribution in [0.3, 0.4) is 0 Å². The fourth-order valence-electron chi connectivity index (χ4n) is 1.27. The molecular weight excluding hydrogens is 241 g/mol. The lowest BCUT2D eigenvalue weighted by Gasteiger charge is -2.10. The first-order valence-corrected chi connectivity index (χ1v) is 5.97. The summed E-state index contributed by atoms with van der Waals surface area (Å²) in [5.74, 6) is -0.107. The maximum atomic E-state index is 13.6. The van der Waals surface area contributed by atoms with E-state index in [0.717, 1.165) is 5.56 Å². The maximum absolute atomic E-state index is 13.6. The third kappa shape index (κ3) is 5.20. The molecule has 1 aromatic rings. The molecule has 0 atom stereocenters. The van der Waals surface area contributed by atoms with Crippen LogP contribution in [0.15, 0.2) is 29.8 Å². The van der Waals surface area contributed by atoms with E-state index >= 15 is 0 Å². The van der Waals surface area contributed by atoms with Crippen molar-refractivity contribution in [2.24, 2.45) is 0 Å². The number of rotatable bonds is 6. The lowest BCUT2D eigenvalue weighted by Crippen LogP contribution is -2.21.